The maximum absolute atomic E-state index is 12.5. The van der Waals surface area contributed by atoms with Crippen molar-refractivity contribution < 1.29 is 14.1 Å². The van der Waals surface area contributed by atoms with Crippen LogP contribution in [-0.4, -0.2) is 58.7 Å². The van der Waals surface area contributed by atoms with E-state index in [1.807, 2.05) is 48.2 Å². The van der Waals surface area contributed by atoms with Gasteiger partial charge in [0.15, 0.2) is 6.61 Å². The Labute approximate surface area is 180 Å². The molecule has 1 aliphatic heterocycles. The van der Waals surface area contributed by atoms with E-state index >= 15 is 0 Å². The fraction of sp³-hybridized carbons (Fsp3) is 0.391. The van der Waals surface area contributed by atoms with E-state index in [4.69, 9.17) is 9.26 Å². The number of amides is 1. The first-order chi connectivity index (χ1) is 15.2. The number of aromatic nitrogens is 3. The molecule has 1 saturated carbocycles. The zero-order chi connectivity index (χ0) is 21.2. The first kappa shape index (κ1) is 19.5. The molecule has 1 aromatic carbocycles. The number of aryl methyl sites for hydroxylation is 1. The van der Waals surface area contributed by atoms with Crippen molar-refractivity contribution in [2.75, 3.05) is 37.7 Å². The molecular weight excluding hydrogens is 394 g/mol. The molecule has 2 fully saturated rings. The van der Waals surface area contributed by atoms with Crippen LogP contribution in [0, 0.1) is 6.92 Å². The number of ether oxygens (including phenoxy) is 1. The van der Waals surface area contributed by atoms with Crippen LogP contribution in [0.2, 0.25) is 0 Å². The van der Waals surface area contributed by atoms with Crippen LogP contribution in [0.1, 0.15) is 30.2 Å². The molecule has 2 aliphatic rings. The van der Waals surface area contributed by atoms with Gasteiger partial charge in [0.1, 0.15) is 11.6 Å². The Morgan fingerprint density at radius 3 is 2.55 bits per heavy atom. The van der Waals surface area contributed by atoms with E-state index in [-0.39, 0.29) is 12.5 Å². The van der Waals surface area contributed by atoms with E-state index in [0.29, 0.717) is 30.6 Å². The van der Waals surface area contributed by atoms with Crippen LogP contribution in [0.15, 0.2) is 47.1 Å². The molecule has 31 heavy (non-hydrogen) atoms. The molecule has 3 aromatic rings. The van der Waals surface area contributed by atoms with E-state index in [2.05, 4.69) is 20.0 Å². The molecule has 1 aliphatic carbocycles. The van der Waals surface area contributed by atoms with Gasteiger partial charge in [-0.2, -0.15) is 4.98 Å². The van der Waals surface area contributed by atoms with Gasteiger partial charge in [-0.15, -0.1) is 0 Å². The third-order valence-electron chi connectivity index (χ3n) is 5.71. The summed E-state index contributed by atoms with van der Waals surface area (Å²) >= 11 is 0. The van der Waals surface area contributed by atoms with Crippen LogP contribution in [0.3, 0.4) is 0 Å². The molecule has 1 amide bonds. The maximum atomic E-state index is 12.5. The Morgan fingerprint density at radius 2 is 1.87 bits per heavy atom. The fourth-order valence-electron chi connectivity index (χ4n) is 3.61. The quantitative estimate of drug-likeness (QED) is 0.607. The Balaban J connectivity index is 1.12. The molecule has 0 spiro atoms. The summed E-state index contributed by atoms with van der Waals surface area (Å²) in [6.07, 6.45) is 4.04. The summed E-state index contributed by atoms with van der Waals surface area (Å²) in [6, 6.07) is 11.7. The molecule has 0 radical (unpaired) electrons. The maximum Gasteiger partial charge on any atom is 0.260 e. The van der Waals surface area contributed by atoms with Gasteiger partial charge in [-0.25, -0.2) is 4.98 Å². The predicted octanol–water partition coefficient (Wildman–Crippen LogP) is 3.05. The highest BCUT2D eigenvalue weighted by Gasteiger charge is 2.30. The lowest BCUT2D eigenvalue weighted by atomic mass is 10.2. The van der Waals surface area contributed by atoms with Gasteiger partial charge in [0.2, 0.25) is 11.7 Å². The highest BCUT2D eigenvalue weighted by molar-refractivity contribution is 5.78. The monoisotopic (exact) mass is 419 g/mol. The van der Waals surface area contributed by atoms with Crippen molar-refractivity contribution in [2.45, 2.75) is 25.7 Å². The molecule has 0 N–H and O–H groups in total. The third kappa shape index (κ3) is 4.52. The first-order valence-electron chi connectivity index (χ1n) is 10.7. The first-order valence-corrected chi connectivity index (χ1v) is 10.7. The third-order valence-corrected chi connectivity index (χ3v) is 5.71. The minimum Gasteiger partial charge on any atom is -0.484 e. The topological polar surface area (TPSA) is 84.6 Å². The number of anilines is 1. The minimum absolute atomic E-state index is 0.00658. The van der Waals surface area contributed by atoms with Gasteiger partial charge in [-0.1, -0.05) is 22.9 Å². The number of piperazine rings is 1. The van der Waals surface area contributed by atoms with E-state index < -0.39 is 0 Å². The molecule has 0 unspecified atom stereocenters. The lowest BCUT2D eigenvalue weighted by Gasteiger charge is -2.35. The van der Waals surface area contributed by atoms with E-state index in [0.717, 1.165) is 48.8 Å². The minimum atomic E-state index is 0.00658. The van der Waals surface area contributed by atoms with Gasteiger partial charge in [0, 0.05) is 43.9 Å². The SMILES string of the molecule is Cc1ccc(OCC(=O)N2CCN(c3ccc(-c4noc(C5CC5)n4)cn3)CC2)cc1. The van der Waals surface area contributed by atoms with Crippen molar-refractivity contribution >= 4 is 11.7 Å². The van der Waals surface area contributed by atoms with Gasteiger partial charge in [0.05, 0.1) is 0 Å². The van der Waals surface area contributed by atoms with Crippen molar-refractivity contribution in [3.8, 4) is 17.1 Å². The number of nitrogens with zero attached hydrogens (tertiary/aromatic N) is 5. The molecule has 0 bridgehead atoms. The van der Waals surface area contributed by atoms with Crippen molar-refractivity contribution in [2.24, 2.45) is 0 Å². The number of carbonyl (C=O) groups is 1. The van der Waals surface area contributed by atoms with Crippen LogP contribution in [-0.2, 0) is 4.79 Å². The highest BCUT2D eigenvalue weighted by Crippen LogP contribution is 2.39. The van der Waals surface area contributed by atoms with Crippen molar-refractivity contribution in [3.05, 3.63) is 54.0 Å². The van der Waals surface area contributed by atoms with Crippen LogP contribution in [0.4, 0.5) is 5.82 Å². The van der Waals surface area contributed by atoms with Gasteiger partial charge < -0.3 is 19.1 Å². The number of hydrogen-bond donors (Lipinski definition) is 0. The molecule has 8 nitrogen and oxygen atoms in total. The van der Waals surface area contributed by atoms with Gasteiger partial charge in [-0.3, -0.25) is 4.79 Å². The summed E-state index contributed by atoms with van der Waals surface area (Å²) in [6.45, 7) is 4.84. The second kappa shape index (κ2) is 8.37. The zero-order valence-corrected chi connectivity index (χ0v) is 17.5. The van der Waals surface area contributed by atoms with E-state index in [1.54, 1.807) is 6.20 Å². The largest absolute Gasteiger partial charge is 0.484 e. The number of hydrogen-bond acceptors (Lipinski definition) is 7. The van der Waals surface area contributed by atoms with Gasteiger partial charge in [-0.05, 0) is 44.0 Å². The Bertz CT molecular complexity index is 1040. The zero-order valence-electron chi connectivity index (χ0n) is 17.5. The molecule has 5 rings (SSSR count). The lowest BCUT2D eigenvalue weighted by molar-refractivity contribution is -0.133. The second-order valence-corrected chi connectivity index (χ2v) is 8.11. The van der Waals surface area contributed by atoms with Gasteiger partial charge >= 0.3 is 0 Å². The number of pyridine rings is 1. The lowest BCUT2D eigenvalue weighted by Crippen LogP contribution is -2.50. The fourth-order valence-corrected chi connectivity index (χ4v) is 3.61. The Hall–Kier alpha value is -3.42. The van der Waals surface area contributed by atoms with Crippen molar-refractivity contribution in [1.29, 1.82) is 0 Å². The number of carbonyl (C=O) groups excluding carboxylic acids is 1. The summed E-state index contributed by atoms with van der Waals surface area (Å²) in [5.41, 5.74) is 2.01. The summed E-state index contributed by atoms with van der Waals surface area (Å²) in [7, 11) is 0. The van der Waals surface area contributed by atoms with Crippen molar-refractivity contribution in [1.82, 2.24) is 20.0 Å². The standard InChI is InChI=1S/C23H25N5O3/c1-16-2-7-19(8-3-16)30-15-21(29)28-12-10-27(11-13-28)20-9-6-18(14-24-20)22-25-23(31-26-22)17-4-5-17/h2-3,6-9,14,17H,4-5,10-13,15H2,1H3. The normalized spacial score (nSPS) is 16.4. The summed E-state index contributed by atoms with van der Waals surface area (Å²) in [5, 5.41) is 4.07. The summed E-state index contributed by atoms with van der Waals surface area (Å²) in [5.74, 6) is 3.36. The van der Waals surface area contributed by atoms with Crippen LogP contribution in [0.5, 0.6) is 5.75 Å². The Kier molecular flexibility index (Phi) is 5.28. The van der Waals surface area contributed by atoms with E-state index in [9.17, 15) is 4.79 Å². The Morgan fingerprint density at radius 1 is 1.10 bits per heavy atom. The molecular formula is C23H25N5O3. The second-order valence-electron chi connectivity index (χ2n) is 8.11. The summed E-state index contributed by atoms with van der Waals surface area (Å²) < 4.78 is 11.0. The van der Waals surface area contributed by atoms with Crippen LogP contribution in [0.25, 0.3) is 11.4 Å². The van der Waals surface area contributed by atoms with Crippen LogP contribution >= 0.6 is 0 Å². The van der Waals surface area contributed by atoms with Crippen molar-refractivity contribution in [3.63, 3.8) is 0 Å². The summed E-state index contributed by atoms with van der Waals surface area (Å²) in [4.78, 5) is 25.6. The molecule has 0 atom stereocenters. The molecule has 160 valence electrons. The highest BCUT2D eigenvalue weighted by atomic mass is 16.5. The van der Waals surface area contributed by atoms with Crippen LogP contribution < -0.4 is 9.64 Å². The average molecular weight is 419 g/mol. The number of rotatable bonds is 6. The molecule has 8 heteroatoms. The average Bonchev–Trinajstić information content (AvgIpc) is 3.55. The predicted molar refractivity (Wildman–Crippen MR) is 115 cm³/mol. The molecule has 1 saturated heterocycles. The number of benzene rings is 1. The van der Waals surface area contributed by atoms with E-state index in [1.165, 1.54) is 0 Å². The van der Waals surface area contributed by atoms with Gasteiger partial charge in [0.25, 0.3) is 5.91 Å². The smallest absolute Gasteiger partial charge is 0.260 e. The molecule has 3 heterocycles. The molecule has 2 aromatic heterocycles.